The fraction of sp³-hybridized carbons (Fsp3) is 0.0625. The van der Waals surface area contributed by atoms with Crippen LogP contribution in [0, 0.1) is 5.82 Å². The molecule has 0 saturated heterocycles. The minimum atomic E-state index is -4.68. The molecule has 0 aliphatic heterocycles. The summed E-state index contributed by atoms with van der Waals surface area (Å²) in [5.41, 5.74) is 5.15. The van der Waals surface area contributed by atoms with Crippen LogP contribution < -0.4 is 5.73 Å². The molecular formula is C16H10F4N4. The van der Waals surface area contributed by atoms with Crippen LogP contribution in [0.3, 0.4) is 0 Å². The molecule has 0 aliphatic rings. The van der Waals surface area contributed by atoms with Gasteiger partial charge < -0.3 is 5.73 Å². The highest BCUT2D eigenvalue weighted by Crippen LogP contribution is 2.35. The first kappa shape index (κ1) is 15.9. The maximum Gasteiger partial charge on any atom is 0.416 e. The lowest BCUT2D eigenvalue weighted by Gasteiger charge is -2.11. The summed E-state index contributed by atoms with van der Waals surface area (Å²) in [6.45, 7) is 0. The second kappa shape index (κ2) is 5.88. The van der Waals surface area contributed by atoms with Crippen LogP contribution in [0.15, 0.2) is 48.5 Å². The number of nitrogens with zero attached hydrogens (tertiary/aromatic N) is 3. The van der Waals surface area contributed by atoms with E-state index < -0.39 is 17.6 Å². The Morgan fingerprint density at radius 3 is 2.21 bits per heavy atom. The molecule has 1 heterocycles. The van der Waals surface area contributed by atoms with Crippen molar-refractivity contribution in [1.29, 1.82) is 0 Å². The molecule has 8 heteroatoms. The van der Waals surface area contributed by atoms with Crippen molar-refractivity contribution in [2.24, 2.45) is 0 Å². The second-order valence-corrected chi connectivity index (χ2v) is 4.96. The van der Waals surface area contributed by atoms with E-state index in [9.17, 15) is 17.6 Å². The number of halogens is 4. The Hall–Kier alpha value is -3.03. The standard InChI is InChI=1S/C16H10F4N4/c17-12-7-10(6-11(8-12)16(18,19)20)14-13(22-15(21)24-23-14)9-4-2-1-3-5-9/h1-8H,(H2,21,22,24). The van der Waals surface area contributed by atoms with Crippen molar-refractivity contribution in [3.8, 4) is 22.5 Å². The molecule has 4 nitrogen and oxygen atoms in total. The van der Waals surface area contributed by atoms with E-state index in [-0.39, 0.29) is 22.9 Å². The zero-order valence-corrected chi connectivity index (χ0v) is 12.0. The van der Waals surface area contributed by atoms with E-state index in [0.717, 1.165) is 12.1 Å². The van der Waals surface area contributed by atoms with Gasteiger partial charge in [-0.2, -0.15) is 13.2 Å². The maximum absolute atomic E-state index is 13.7. The largest absolute Gasteiger partial charge is 0.416 e. The summed E-state index contributed by atoms with van der Waals surface area (Å²) in [6, 6.07) is 10.8. The number of hydrogen-bond donors (Lipinski definition) is 1. The van der Waals surface area contributed by atoms with Crippen LogP contribution in [-0.4, -0.2) is 15.2 Å². The van der Waals surface area contributed by atoms with Crippen molar-refractivity contribution < 1.29 is 17.6 Å². The molecule has 0 atom stereocenters. The summed E-state index contributed by atoms with van der Waals surface area (Å²) < 4.78 is 52.4. The monoisotopic (exact) mass is 334 g/mol. The molecule has 0 fully saturated rings. The fourth-order valence-corrected chi connectivity index (χ4v) is 2.22. The first-order chi connectivity index (χ1) is 11.3. The molecule has 2 N–H and O–H groups in total. The smallest absolute Gasteiger partial charge is 0.366 e. The lowest BCUT2D eigenvalue weighted by Crippen LogP contribution is -2.07. The highest BCUT2D eigenvalue weighted by atomic mass is 19.4. The highest BCUT2D eigenvalue weighted by Gasteiger charge is 2.32. The zero-order valence-electron chi connectivity index (χ0n) is 12.0. The van der Waals surface area contributed by atoms with E-state index in [1.54, 1.807) is 30.3 Å². The van der Waals surface area contributed by atoms with Crippen LogP contribution in [0.5, 0.6) is 0 Å². The van der Waals surface area contributed by atoms with Crippen molar-refractivity contribution in [1.82, 2.24) is 15.2 Å². The van der Waals surface area contributed by atoms with Crippen molar-refractivity contribution in [2.45, 2.75) is 6.18 Å². The molecule has 0 bridgehead atoms. The third-order valence-electron chi connectivity index (χ3n) is 3.25. The predicted octanol–water partition coefficient (Wildman–Crippen LogP) is 3.95. The summed E-state index contributed by atoms with van der Waals surface area (Å²) in [4.78, 5) is 4.04. The van der Waals surface area contributed by atoms with Gasteiger partial charge in [-0.15, -0.1) is 10.2 Å². The molecule has 122 valence electrons. The molecule has 24 heavy (non-hydrogen) atoms. The Morgan fingerprint density at radius 1 is 0.833 bits per heavy atom. The minimum absolute atomic E-state index is 0.0143. The van der Waals surface area contributed by atoms with Crippen molar-refractivity contribution in [3.05, 3.63) is 59.9 Å². The van der Waals surface area contributed by atoms with Crippen molar-refractivity contribution >= 4 is 5.95 Å². The molecular weight excluding hydrogens is 324 g/mol. The van der Waals surface area contributed by atoms with Crippen molar-refractivity contribution in [3.63, 3.8) is 0 Å². The van der Waals surface area contributed by atoms with Gasteiger partial charge in [-0.1, -0.05) is 30.3 Å². The second-order valence-electron chi connectivity index (χ2n) is 4.96. The normalized spacial score (nSPS) is 11.5. The molecule has 3 aromatic rings. The summed E-state index contributed by atoms with van der Waals surface area (Å²) in [6.07, 6.45) is -4.68. The molecule has 0 spiro atoms. The van der Waals surface area contributed by atoms with Gasteiger partial charge in [-0.05, 0) is 18.2 Å². The average molecular weight is 334 g/mol. The van der Waals surface area contributed by atoms with Gasteiger partial charge >= 0.3 is 6.18 Å². The number of anilines is 1. The van der Waals surface area contributed by atoms with Crippen molar-refractivity contribution in [2.75, 3.05) is 5.73 Å². The van der Waals surface area contributed by atoms with Gasteiger partial charge in [0.1, 0.15) is 17.2 Å². The molecule has 0 saturated carbocycles. The van der Waals surface area contributed by atoms with Crippen LogP contribution in [0.1, 0.15) is 5.56 Å². The van der Waals surface area contributed by atoms with Gasteiger partial charge in [0.2, 0.25) is 5.95 Å². The molecule has 0 aliphatic carbocycles. The Labute approximate surface area is 134 Å². The van der Waals surface area contributed by atoms with E-state index in [1.807, 2.05) is 0 Å². The minimum Gasteiger partial charge on any atom is -0.366 e. The van der Waals surface area contributed by atoms with Gasteiger partial charge in [0.05, 0.1) is 5.56 Å². The van der Waals surface area contributed by atoms with E-state index in [4.69, 9.17) is 5.73 Å². The Bertz CT molecular complexity index is 879. The molecule has 3 rings (SSSR count). The SMILES string of the molecule is Nc1nnc(-c2cc(F)cc(C(F)(F)F)c2)c(-c2ccccc2)n1. The number of hydrogen-bond acceptors (Lipinski definition) is 4. The zero-order chi connectivity index (χ0) is 17.3. The van der Waals surface area contributed by atoms with Crippen LogP contribution >= 0.6 is 0 Å². The molecule has 0 amide bonds. The lowest BCUT2D eigenvalue weighted by molar-refractivity contribution is -0.137. The van der Waals surface area contributed by atoms with Gasteiger partial charge in [0.25, 0.3) is 0 Å². The number of aromatic nitrogens is 3. The Morgan fingerprint density at radius 2 is 1.54 bits per heavy atom. The topological polar surface area (TPSA) is 64.7 Å². The maximum atomic E-state index is 13.7. The van der Waals surface area contributed by atoms with E-state index >= 15 is 0 Å². The quantitative estimate of drug-likeness (QED) is 0.721. The Kier molecular flexibility index (Phi) is 3.88. The highest BCUT2D eigenvalue weighted by molar-refractivity contribution is 5.78. The summed E-state index contributed by atoms with van der Waals surface area (Å²) >= 11 is 0. The first-order valence-electron chi connectivity index (χ1n) is 6.78. The number of benzene rings is 2. The Balaban J connectivity index is 2.23. The fourth-order valence-electron chi connectivity index (χ4n) is 2.22. The number of nitrogens with two attached hydrogens (primary N) is 1. The molecule has 1 aromatic heterocycles. The molecule has 0 unspecified atom stereocenters. The summed E-state index contributed by atoms with van der Waals surface area (Å²) in [7, 11) is 0. The van der Waals surface area contributed by atoms with Crippen LogP contribution in [0.4, 0.5) is 23.5 Å². The van der Waals surface area contributed by atoms with Crippen LogP contribution in [0.25, 0.3) is 22.5 Å². The van der Waals surface area contributed by atoms with E-state index in [1.165, 1.54) is 0 Å². The van der Waals surface area contributed by atoms with E-state index in [0.29, 0.717) is 11.6 Å². The molecule has 2 aromatic carbocycles. The van der Waals surface area contributed by atoms with Gasteiger partial charge in [-0.3, -0.25) is 0 Å². The summed E-state index contributed by atoms with van der Waals surface area (Å²) in [5.74, 6) is -1.16. The average Bonchev–Trinajstić information content (AvgIpc) is 2.54. The summed E-state index contributed by atoms with van der Waals surface area (Å²) in [5, 5.41) is 7.39. The third kappa shape index (κ3) is 3.17. The number of nitrogen functional groups attached to an aromatic ring is 1. The van der Waals surface area contributed by atoms with Gasteiger partial charge in [-0.25, -0.2) is 9.37 Å². The molecule has 0 radical (unpaired) electrons. The van der Waals surface area contributed by atoms with Crippen LogP contribution in [-0.2, 0) is 6.18 Å². The van der Waals surface area contributed by atoms with E-state index in [2.05, 4.69) is 15.2 Å². The van der Waals surface area contributed by atoms with Crippen LogP contribution in [0.2, 0.25) is 0 Å². The number of rotatable bonds is 2. The predicted molar refractivity (Wildman–Crippen MR) is 80.1 cm³/mol. The first-order valence-corrected chi connectivity index (χ1v) is 6.78. The third-order valence-corrected chi connectivity index (χ3v) is 3.25. The lowest BCUT2D eigenvalue weighted by atomic mass is 10.0. The van der Waals surface area contributed by atoms with Gasteiger partial charge in [0, 0.05) is 11.1 Å². The number of alkyl halides is 3. The van der Waals surface area contributed by atoms with Gasteiger partial charge in [0.15, 0.2) is 0 Å².